The van der Waals surface area contributed by atoms with Crippen LogP contribution < -0.4 is 0 Å². The van der Waals surface area contributed by atoms with Crippen molar-refractivity contribution in [3.8, 4) is 40.1 Å². The quantitative estimate of drug-likeness (QED) is 0.197. The molecule has 0 N–H and O–H groups in total. The van der Waals surface area contributed by atoms with Crippen molar-refractivity contribution in [3.05, 3.63) is 156 Å². The number of nitriles is 2. The van der Waals surface area contributed by atoms with Crippen molar-refractivity contribution >= 4 is 59.9 Å². The highest BCUT2D eigenvalue weighted by atomic mass is 15.0. The number of para-hydroxylation sites is 2. The molecule has 3 heterocycles. The Labute approximate surface area is 281 Å². The van der Waals surface area contributed by atoms with Gasteiger partial charge >= 0.3 is 0 Å². The van der Waals surface area contributed by atoms with E-state index in [1.54, 1.807) is 0 Å². The number of rotatable bonds is 3. The molecule has 0 aliphatic rings. The van der Waals surface area contributed by atoms with E-state index in [9.17, 15) is 10.5 Å². The zero-order chi connectivity index (χ0) is 32.8. The molecule has 3 aromatic heterocycles. The Morgan fingerprint density at radius 2 is 1.04 bits per heavy atom. The van der Waals surface area contributed by atoms with Crippen LogP contribution in [0.2, 0.25) is 0 Å². The molecule has 0 saturated carbocycles. The van der Waals surface area contributed by atoms with Gasteiger partial charge in [0, 0.05) is 38.0 Å². The highest BCUT2D eigenvalue weighted by Gasteiger charge is 2.23. The molecule has 0 fully saturated rings. The molecule has 10 aromatic rings. The maximum atomic E-state index is 9.41. The van der Waals surface area contributed by atoms with Crippen LogP contribution in [0.1, 0.15) is 16.7 Å². The molecule has 0 unspecified atom stereocenters. The number of benzene rings is 7. The van der Waals surface area contributed by atoms with Crippen LogP contribution in [0, 0.1) is 29.6 Å². The SMILES string of the molecule is Cc1c(-c2ccc(C#N)cc2)ccc2c3cc4c(cc3n(-c3ccccc3)c12)c1ccc(-c2ccc(C#N)cc2)c2c3ccccc3n4c12. The molecular formula is C45H26N4. The number of fused-ring (bicyclic) bond motifs is 9. The predicted molar refractivity (Wildman–Crippen MR) is 200 cm³/mol. The van der Waals surface area contributed by atoms with Crippen LogP contribution >= 0.6 is 0 Å². The van der Waals surface area contributed by atoms with Crippen molar-refractivity contribution in [3.63, 3.8) is 0 Å². The molecule has 49 heavy (non-hydrogen) atoms. The highest BCUT2D eigenvalue weighted by Crippen LogP contribution is 2.46. The van der Waals surface area contributed by atoms with E-state index in [0.29, 0.717) is 11.1 Å². The Kier molecular flexibility index (Phi) is 5.59. The number of aryl methyl sites for hydroxylation is 1. The predicted octanol–water partition coefficient (Wildman–Crippen LogP) is 11.3. The molecule has 0 saturated heterocycles. The summed E-state index contributed by atoms with van der Waals surface area (Å²) in [7, 11) is 0. The van der Waals surface area contributed by atoms with Gasteiger partial charge in [-0.05, 0) is 89.3 Å². The standard InChI is InChI=1S/C45H26N4/c1-27-33(30-15-11-28(25-46)12-16-30)19-21-35-38-24-42-39(23-41(38)48(44(27)35)32-7-3-2-4-8-32)36-22-20-34(31-17-13-29(26-47)14-18-31)43-37-9-5-6-10-40(37)49(42)45(36)43/h2-24H,1H3. The van der Waals surface area contributed by atoms with Crippen LogP contribution in [0.15, 0.2) is 140 Å². The zero-order valence-electron chi connectivity index (χ0n) is 26.6. The van der Waals surface area contributed by atoms with Crippen molar-refractivity contribution in [1.29, 1.82) is 10.5 Å². The molecule has 0 amide bonds. The van der Waals surface area contributed by atoms with Crippen LogP contribution in [0.3, 0.4) is 0 Å². The highest BCUT2D eigenvalue weighted by molar-refractivity contribution is 6.29. The number of aromatic nitrogens is 2. The molecule has 4 heteroatoms. The van der Waals surface area contributed by atoms with E-state index in [0.717, 1.165) is 22.4 Å². The molecule has 4 nitrogen and oxygen atoms in total. The molecule has 10 rings (SSSR count). The lowest BCUT2D eigenvalue weighted by atomic mass is 9.96. The Hall–Kier alpha value is -6.88. The van der Waals surface area contributed by atoms with E-state index in [1.165, 1.54) is 71.0 Å². The minimum Gasteiger partial charge on any atom is -0.309 e. The molecule has 0 aliphatic carbocycles. The zero-order valence-corrected chi connectivity index (χ0v) is 26.6. The summed E-state index contributed by atoms with van der Waals surface area (Å²) in [5.74, 6) is 0. The Balaban J connectivity index is 1.33. The fourth-order valence-corrected chi connectivity index (χ4v) is 8.12. The maximum Gasteiger partial charge on any atom is 0.0991 e. The van der Waals surface area contributed by atoms with Crippen LogP contribution in [0.5, 0.6) is 0 Å². The first-order valence-electron chi connectivity index (χ1n) is 16.4. The van der Waals surface area contributed by atoms with Crippen LogP contribution in [0.4, 0.5) is 0 Å². The van der Waals surface area contributed by atoms with E-state index >= 15 is 0 Å². The topological polar surface area (TPSA) is 56.9 Å². The summed E-state index contributed by atoms with van der Waals surface area (Å²) in [6, 6.07) is 53.4. The Morgan fingerprint density at radius 1 is 0.469 bits per heavy atom. The molecule has 0 atom stereocenters. The lowest BCUT2D eigenvalue weighted by molar-refractivity contribution is 1.17. The van der Waals surface area contributed by atoms with Gasteiger partial charge in [0.15, 0.2) is 0 Å². The molecule has 0 aliphatic heterocycles. The van der Waals surface area contributed by atoms with Gasteiger partial charge in [0.2, 0.25) is 0 Å². The van der Waals surface area contributed by atoms with Crippen LogP contribution in [-0.4, -0.2) is 8.97 Å². The molecule has 0 spiro atoms. The van der Waals surface area contributed by atoms with Gasteiger partial charge in [0.05, 0.1) is 50.8 Å². The molecule has 0 radical (unpaired) electrons. The molecule has 7 aromatic carbocycles. The van der Waals surface area contributed by atoms with Gasteiger partial charge < -0.3 is 8.97 Å². The summed E-state index contributed by atoms with van der Waals surface area (Å²) in [4.78, 5) is 0. The summed E-state index contributed by atoms with van der Waals surface area (Å²) in [5, 5.41) is 26.1. The second kappa shape index (κ2) is 10.1. The second-order valence-electron chi connectivity index (χ2n) is 12.8. The van der Waals surface area contributed by atoms with Crippen molar-refractivity contribution in [2.45, 2.75) is 6.92 Å². The third-order valence-corrected chi connectivity index (χ3v) is 10.3. The van der Waals surface area contributed by atoms with Gasteiger partial charge in [-0.2, -0.15) is 10.5 Å². The fraction of sp³-hybridized carbons (Fsp3) is 0.0222. The largest absolute Gasteiger partial charge is 0.309 e. The van der Waals surface area contributed by atoms with Crippen molar-refractivity contribution in [2.75, 3.05) is 0 Å². The normalized spacial score (nSPS) is 11.7. The number of nitrogens with zero attached hydrogens (tertiary/aromatic N) is 4. The van der Waals surface area contributed by atoms with Crippen molar-refractivity contribution in [1.82, 2.24) is 8.97 Å². The molecule has 0 bridgehead atoms. The van der Waals surface area contributed by atoms with Crippen LogP contribution in [0.25, 0.3) is 87.8 Å². The van der Waals surface area contributed by atoms with Gasteiger partial charge in [-0.1, -0.05) is 84.9 Å². The Bertz CT molecular complexity index is 3040. The maximum absolute atomic E-state index is 9.41. The van der Waals surface area contributed by atoms with Crippen molar-refractivity contribution < 1.29 is 0 Å². The van der Waals surface area contributed by atoms with E-state index < -0.39 is 0 Å². The van der Waals surface area contributed by atoms with Crippen molar-refractivity contribution in [2.24, 2.45) is 0 Å². The van der Waals surface area contributed by atoms with Gasteiger partial charge in [-0.3, -0.25) is 0 Å². The van der Waals surface area contributed by atoms with E-state index in [1.807, 2.05) is 36.4 Å². The van der Waals surface area contributed by atoms with E-state index in [4.69, 9.17) is 0 Å². The fourth-order valence-electron chi connectivity index (χ4n) is 8.12. The van der Waals surface area contributed by atoms with Gasteiger partial charge in [-0.25, -0.2) is 0 Å². The lowest BCUT2D eigenvalue weighted by Gasteiger charge is -2.13. The third-order valence-electron chi connectivity index (χ3n) is 10.3. The number of hydrogen-bond donors (Lipinski definition) is 0. The second-order valence-corrected chi connectivity index (χ2v) is 12.8. The smallest absolute Gasteiger partial charge is 0.0991 e. The number of hydrogen-bond acceptors (Lipinski definition) is 2. The minimum absolute atomic E-state index is 0.659. The summed E-state index contributed by atoms with van der Waals surface area (Å²) >= 11 is 0. The van der Waals surface area contributed by atoms with E-state index in [-0.39, 0.29) is 0 Å². The summed E-state index contributed by atoms with van der Waals surface area (Å²) in [6.45, 7) is 2.21. The summed E-state index contributed by atoms with van der Waals surface area (Å²) in [6.07, 6.45) is 0. The van der Waals surface area contributed by atoms with E-state index in [2.05, 4.69) is 131 Å². The minimum atomic E-state index is 0.659. The third kappa shape index (κ3) is 3.72. The van der Waals surface area contributed by atoms with Crippen LogP contribution in [-0.2, 0) is 0 Å². The van der Waals surface area contributed by atoms with Gasteiger partial charge in [0.25, 0.3) is 0 Å². The van der Waals surface area contributed by atoms with Gasteiger partial charge in [-0.15, -0.1) is 0 Å². The first-order valence-corrected chi connectivity index (χ1v) is 16.4. The lowest BCUT2D eigenvalue weighted by Crippen LogP contribution is -1.96. The first kappa shape index (κ1) is 27.3. The first-order chi connectivity index (χ1) is 24.1. The average Bonchev–Trinajstić information content (AvgIpc) is 3.79. The Morgan fingerprint density at radius 3 is 1.73 bits per heavy atom. The summed E-state index contributed by atoms with van der Waals surface area (Å²) in [5.41, 5.74) is 14.1. The van der Waals surface area contributed by atoms with Gasteiger partial charge in [0.1, 0.15) is 0 Å². The molecular weight excluding hydrogens is 597 g/mol. The monoisotopic (exact) mass is 622 g/mol. The average molecular weight is 623 g/mol. The molecule has 226 valence electrons. The summed E-state index contributed by atoms with van der Waals surface area (Å²) < 4.78 is 4.87.